The van der Waals surface area contributed by atoms with Gasteiger partial charge in [-0.3, -0.25) is 4.79 Å². The van der Waals surface area contributed by atoms with Crippen molar-refractivity contribution in [2.24, 2.45) is 5.92 Å². The van der Waals surface area contributed by atoms with Crippen LogP contribution in [0.25, 0.3) is 0 Å². The van der Waals surface area contributed by atoms with E-state index in [-0.39, 0.29) is 16.9 Å². The van der Waals surface area contributed by atoms with E-state index >= 15 is 0 Å². The number of sulfonamides is 1. The van der Waals surface area contributed by atoms with E-state index in [4.69, 9.17) is 4.74 Å². The maximum atomic E-state index is 12.8. The molecule has 1 aromatic carbocycles. The molecule has 0 bridgehead atoms. The number of anilines is 1. The molecule has 7 heteroatoms. The lowest BCUT2D eigenvalue weighted by atomic mass is 10.0. The molecule has 1 fully saturated rings. The molecule has 0 unspecified atom stereocenters. The van der Waals surface area contributed by atoms with Gasteiger partial charge in [-0.2, -0.15) is 4.31 Å². The summed E-state index contributed by atoms with van der Waals surface area (Å²) in [6, 6.07) is 4.68. The Bertz CT molecular complexity index is 752. The van der Waals surface area contributed by atoms with Crippen LogP contribution in [0.5, 0.6) is 5.75 Å². The molecule has 2 rings (SSSR count). The number of benzene rings is 1. The fourth-order valence-electron chi connectivity index (χ4n) is 3.68. The first-order chi connectivity index (χ1) is 13.3. The highest BCUT2D eigenvalue weighted by Gasteiger charge is 2.24. The molecule has 1 amide bonds. The summed E-state index contributed by atoms with van der Waals surface area (Å²) >= 11 is 0. The van der Waals surface area contributed by atoms with E-state index in [1.807, 2.05) is 27.7 Å². The molecule has 1 aliphatic carbocycles. The highest BCUT2D eigenvalue weighted by molar-refractivity contribution is 7.89. The van der Waals surface area contributed by atoms with Crippen molar-refractivity contribution in [3.05, 3.63) is 18.2 Å². The maximum Gasteiger partial charge on any atom is 0.243 e. The van der Waals surface area contributed by atoms with Gasteiger partial charge in [0.15, 0.2) is 0 Å². The van der Waals surface area contributed by atoms with Gasteiger partial charge in [-0.15, -0.1) is 0 Å². The first-order valence-corrected chi connectivity index (χ1v) is 11.8. The Morgan fingerprint density at radius 3 is 2.43 bits per heavy atom. The zero-order valence-electron chi connectivity index (χ0n) is 17.5. The van der Waals surface area contributed by atoms with Crippen molar-refractivity contribution in [1.29, 1.82) is 0 Å². The lowest BCUT2D eigenvalue weighted by molar-refractivity contribution is -0.116. The van der Waals surface area contributed by atoms with Crippen LogP contribution in [-0.2, 0) is 14.8 Å². The molecule has 0 heterocycles. The monoisotopic (exact) mass is 410 g/mol. The summed E-state index contributed by atoms with van der Waals surface area (Å²) in [4.78, 5) is 12.7. The fraction of sp³-hybridized carbons (Fsp3) is 0.667. The summed E-state index contributed by atoms with van der Waals surface area (Å²) in [6.07, 6.45) is 6.15. The van der Waals surface area contributed by atoms with Crippen molar-refractivity contribution in [3.63, 3.8) is 0 Å². The van der Waals surface area contributed by atoms with E-state index in [9.17, 15) is 13.2 Å². The predicted molar refractivity (Wildman–Crippen MR) is 112 cm³/mol. The molecular formula is C21H34N2O4S. The molecule has 158 valence electrons. The summed E-state index contributed by atoms with van der Waals surface area (Å²) in [5.41, 5.74) is 0.415. The molecule has 0 atom stereocenters. The normalized spacial score (nSPS) is 15.4. The van der Waals surface area contributed by atoms with E-state index in [0.717, 1.165) is 6.42 Å². The van der Waals surface area contributed by atoms with Crippen LogP contribution >= 0.6 is 0 Å². The second kappa shape index (κ2) is 10.3. The van der Waals surface area contributed by atoms with E-state index in [0.29, 0.717) is 36.9 Å². The van der Waals surface area contributed by atoms with Crippen molar-refractivity contribution < 1.29 is 17.9 Å². The minimum Gasteiger partial charge on any atom is -0.489 e. The maximum absolute atomic E-state index is 12.8. The van der Waals surface area contributed by atoms with Gasteiger partial charge in [-0.05, 0) is 44.4 Å². The molecular weight excluding hydrogens is 376 g/mol. The number of carbonyl (C=O) groups excluding carboxylic acids is 1. The Labute approximate surface area is 169 Å². The average Bonchev–Trinajstić information content (AvgIpc) is 3.15. The van der Waals surface area contributed by atoms with Gasteiger partial charge < -0.3 is 10.1 Å². The second-order valence-electron chi connectivity index (χ2n) is 7.65. The van der Waals surface area contributed by atoms with Crippen LogP contribution < -0.4 is 10.1 Å². The van der Waals surface area contributed by atoms with Crippen LogP contribution in [0.4, 0.5) is 5.69 Å². The van der Waals surface area contributed by atoms with Crippen molar-refractivity contribution in [3.8, 4) is 5.75 Å². The molecule has 0 radical (unpaired) electrons. The predicted octanol–water partition coefficient (Wildman–Crippen LogP) is 4.41. The quantitative estimate of drug-likeness (QED) is 0.620. The number of nitrogens with zero attached hydrogens (tertiary/aromatic N) is 1. The van der Waals surface area contributed by atoms with Gasteiger partial charge in [0.2, 0.25) is 15.9 Å². The number of hydrogen-bond donors (Lipinski definition) is 1. The summed E-state index contributed by atoms with van der Waals surface area (Å²) in [6.45, 7) is 8.20. The van der Waals surface area contributed by atoms with Gasteiger partial charge in [0, 0.05) is 19.5 Å². The Hall–Kier alpha value is -1.60. The summed E-state index contributed by atoms with van der Waals surface area (Å²) < 4.78 is 32.9. The number of carbonyl (C=O) groups is 1. The smallest absolute Gasteiger partial charge is 0.243 e. The van der Waals surface area contributed by atoms with Gasteiger partial charge >= 0.3 is 0 Å². The minimum atomic E-state index is -3.60. The third kappa shape index (κ3) is 5.95. The van der Waals surface area contributed by atoms with Crippen LogP contribution in [-0.4, -0.2) is 37.8 Å². The summed E-state index contributed by atoms with van der Waals surface area (Å²) in [5.74, 6) is 1.02. The molecule has 6 nitrogen and oxygen atoms in total. The van der Waals surface area contributed by atoms with Crippen LogP contribution in [0.2, 0.25) is 0 Å². The Morgan fingerprint density at radius 1 is 1.21 bits per heavy atom. The van der Waals surface area contributed by atoms with E-state index in [2.05, 4.69) is 5.32 Å². The Kier molecular flexibility index (Phi) is 8.31. The third-order valence-corrected chi connectivity index (χ3v) is 7.23. The Balaban J connectivity index is 2.21. The highest BCUT2D eigenvalue weighted by Crippen LogP contribution is 2.31. The standard InChI is InChI=1S/C21H34N2O4S/c1-5-23(6-2)28(25,26)18-12-13-20(27-16(3)4)19(15-18)22-21(24)14-11-17-9-7-8-10-17/h12-13,15-17H,5-11,14H2,1-4H3,(H,22,24). The fourth-order valence-corrected chi connectivity index (χ4v) is 5.17. The molecule has 1 aliphatic rings. The average molecular weight is 411 g/mol. The molecule has 1 saturated carbocycles. The lowest BCUT2D eigenvalue weighted by Crippen LogP contribution is -2.30. The summed E-state index contributed by atoms with van der Waals surface area (Å²) in [7, 11) is -3.60. The van der Waals surface area contributed by atoms with Crippen molar-refractivity contribution in [2.75, 3.05) is 18.4 Å². The zero-order chi connectivity index (χ0) is 20.7. The van der Waals surface area contributed by atoms with Crippen LogP contribution in [0.15, 0.2) is 23.1 Å². The molecule has 1 aromatic rings. The van der Waals surface area contributed by atoms with Crippen LogP contribution in [0.3, 0.4) is 0 Å². The molecule has 0 aliphatic heterocycles. The molecule has 0 spiro atoms. The third-order valence-electron chi connectivity index (χ3n) is 5.19. The number of hydrogen-bond acceptors (Lipinski definition) is 4. The van der Waals surface area contributed by atoms with Gasteiger partial charge in [0.25, 0.3) is 0 Å². The topological polar surface area (TPSA) is 75.7 Å². The van der Waals surface area contributed by atoms with E-state index < -0.39 is 10.0 Å². The van der Waals surface area contributed by atoms with Gasteiger partial charge in [0.05, 0.1) is 16.7 Å². The lowest BCUT2D eigenvalue weighted by Gasteiger charge is -2.21. The summed E-state index contributed by atoms with van der Waals surface area (Å²) in [5, 5.41) is 2.88. The molecule has 0 saturated heterocycles. The van der Waals surface area contributed by atoms with Crippen molar-refractivity contribution in [2.45, 2.75) is 77.2 Å². The van der Waals surface area contributed by atoms with Gasteiger partial charge in [-0.1, -0.05) is 39.5 Å². The number of ether oxygens (including phenoxy) is 1. The van der Waals surface area contributed by atoms with E-state index in [1.165, 1.54) is 36.1 Å². The molecule has 0 aromatic heterocycles. The number of rotatable bonds is 10. The molecule has 1 N–H and O–H groups in total. The van der Waals surface area contributed by atoms with Gasteiger partial charge in [0.1, 0.15) is 5.75 Å². The number of nitrogens with one attached hydrogen (secondary N) is 1. The zero-order valence-corrected chi connectivity index (χ0v) is 18.3. The van der Waals surface area contributed by atoms with E-state index in [1.54, 1.807) is 12.1 Å². The number of amides is 1. The van der Waals surface area contributed by atoms with Gasteiger partial charge in [-0.25, -0.2) is 8.42 Å². The highest BCUT2D eigenvalue weighted by atomic mass is 32.2. The van der Waals surface area contributed by atoms with Crippen LogP contribution in [0, 0.1) is 5.92 Å². The Morgan fingerprint density at radius 2 is 1.86 bits per heavy atom. The minimum absolute atomic E-state index is 0.0839. The first kappa shape index (κ1) is 22.7. The van der Waals surface area contributed by atoms with Crippen LogP contribution in [0.1, 0.15) is 66.2 Å². The van der Waals surface area contributed by atoms with Crippen molar-refractivity contribution >= 4 is 21.6 Å². The van der Waals surface area contributed by atoms with Crippen molar-refractivity contribution in [1.82, 2.24) is 4.31 Å². The second-order valence-corrected chi connectivity index (χ2v) is 9.59. The first-order valence-electron chi connectivity index (χ1n) is 10.4. The SMILES string of the molecule is CCN(CC)S(=O)(=O)c1ccc(OC(C)C)c(NC(=O)CCC2CCCC2)c1. The largest absolute Gasteiger partial charge is 0.489 e. The molecule has 28 heavy (non-hydrogen) atoms.